The van der Waals surface area contributed by atoms with Crippen LogP contribution in [0.25, 0.3) is 55.1 Å². The minimum absolute atomic E-state index is 0.0186. The monoisotopic (exact) mass is 495 g/mol. The van der Waals surface area contributed by atoms with Crippen LogP contribution in [0.2, 0.25) is 0 Å². The number of alkyl halides is 3. The lowest BCUT2D eigenvalue weighted by atomic mass is 9.93. The van der Waals surface area contributed by atoms with Gasteiger partial charge in [0.1, 0.15) is 0 Å². The number of hydrogen-bond donors (Lipinski definition) is 1. The Labute approximate surface area is 209 Å². The number of aromatic amines is 1. The second-order valence-corrected chi connectivity index (χ2v) is 8.99. The van der Waals surface area contributed by atoms with Crippen molar-refractivity contribution >= 4 is 38.7 Å². The lowest BCUT2D eigenvalue weighted by Crippen LogP contribution is -2.23. The van der Waals surface area contributed by atoms with Crippen LogP contribution in [0.3, 0.4) is 0 Å². The van der Waals surface area contributed by atoms with E-state index >= 15 is 0 Å². The van der Waals surface area contributed by atoms with E-state index in [-0.39, 0.29) is 11.1 Å². The van der Waals surface area contributed by atoms with Gasteiger partial charge in [0.2, 0.25) is 0 Å². The van der Waals surface area contributed by atoms with Gasteiger partial charge in [-0.3, -0.25) is 0 Å². The number of para-hydroxylation sites is 2. The number of H-pyrrole nitrogens is 1. The molecule has 0 aliphatic heterocycles. The number of nitrogens with one attached hydrogen (secondary N) is 1. The predicted molar refractivity (Wildman–Crippen MR) is 136 cm³/mol. The van der Waals surface area contributed by atoms with Crippen molar-refractivity contribution in [3.8, 4) is 22.4 Å². The zero-order valence-electron chi connectivity index (χ0n) is 19.5. The minimum Gasteiger partial charge on any atom is -0.545 e. The molecule has 37 heavy (non-hydrogen) atoms. The summed E-state index contributed by atoms with van der Waals surface area (Å²) in [7, 11) is 0. The average Bonchev–Trinajstić information content (AvgIpc) is 3.30. The van der Waals surface area contributed by atoms with Crippen LogP contribution in [0.15, 0.2) is 84.9 Å². The van der Waals surface area contributed by atoms with Gasteiger partial charge in [-0.2, -0.15) is 13.2 Å². The summed E-state index contributed by atoms with van der Waals surface area (Å²) in [5.74, 6) is -1.32. The molecule has 0 unspecified atom stereocenters. The van der Waals surface area contributed by atoms with E-state index in [9.17, 15) is 23.1 Å². The number of rotatable bonds is 3. The number of benzene rings is 4. The highest BCUT2D eigenvalue weighted by Gasteiger charge is 2.33. The van der Waals surface area contributed by atoms with Crippen molar-refractivity contribution < 1.29 is 23.1 Å². The first-order valence-corrected chi connectivity index (χ1v) is 11.5. The van der Waals surface area contributed by atoms with Gasteiger partial charge in [0.15, 0.2) is 0 Å². The molecule has 6 aromatic rings. The Kier molecular flexibility index (Phi) is 5.05. The first kappa shape index (κ1) is 22.8. The molecule has 4 aromatic carbocycles. The van der Waals surface area contributed by atoms with Gasteiger partial charge in [-0.25, -0.2) is 4.98 Å². The van der Waals surface area contributed by atoms with Crippen molar-refractivity contribution in [3.63, 3.8) is 0 Å². The molecule has 0 saturated heterocycles. The third kappa shape index (κ3) is 3.80. The van der Waals surface area contributed by atoms with Gasteiger partial charge in [0, 0.05) is 44.1 Å². The van der Waals surface area contributed by atoms with Crippen LogP contribution in [0.1, 0.15) is 21.5 Å². The van der Waals surface area contributed by atoms with E-state index < -0.39 is 17.7 Å². The molecule has 2 aromatic heterocycles. The van der Waals surface area contributed by atoms with Crippen molar-refractivity contribution in [2.45, 2.75) is 13.1 Å². The van der Waals surface area contributed by atoms with E-state index in [1.165, 1.54) is 19.1 Å². The largest absolute Gasteiger partial charge is 0.545 e. The lowest BCUT2D eigenvalue weighted by Gasteiger charge is -2.16. The third-order valence-electron chi connectivity index (χ3n) is 6.75. The Balaban J connectivity index is 1.61. The van der Waals surface area contributed by atoms with Gasteiger partial charge in [-0.15, -0.1) is 0 Å². The normalized spacial score (nSPS) is 12.0. The van der Waals surface area contributed by atoms with Crippen LogP contribution in [-0.4, -0.2) is 15.9 Å². The fraction of sp³-hybridized carbons (Fsp3) is 0.0667. The second-order valence-electron chi connectivity index (χ2n) is 8.99. The van der Waals surface area contributed by atoms with Gasteiger partial charge in [0.05, 0.1) is 22.6 Å². The number of carboxylic acids is 1. The molecule has 6 rings (SSSR count). The first-order chi connectivity index (χ1) is 17.7. The van der Waals surface area contributed by atoms with Crippen molar-refractivity contribution in [2.24, 2.45) is 0 Å². The molecule has 0 radical (unpaired) electrons. The van der Waals surface area contributed by atoms with E-state index in [1.807, 2.05) is 30.3 Å². The molecule has 4 nitrogen and oxygen atoms in total. The molecule has 0 saturated carbocycles. The first-order valence-electron chi connectivity index (χ1n) is 11.5. The van der Waals surface area contributed by atoms with E-state index in [4.69, 9.17) is 4.98 Å². The van der Waals surface area contributed by atoms with Gasteiger partial charge >= 0.3 is 6.18 Å². The van der Waals surface area contributed by atoms with Gasteiger partial charge < -0.3 is 14.9 Å². The lowest BCUT2D eigenvalue weighted by molar-refractivity contribution is -0.254. The fourth-order valence-electron chi connectivity index (χ4n) is 4.97. The molecule has 0 amide bonds. The number of carboxylic acid groups (broad SMARTS) is 1. The average molecular weight is 495 g/mol. The standard InChI is InChI=1S/C30H19F3N2O2/c1-16-20(8-5-10-24(16)30(31,32)33)21-9-4-7-18-12-19-13-23(29(36)37)22(15-26(19)35-28(18)21)27-14-17-6-2-3-11-25(17)34-27/h2-15,34H,1H3,(H,36,37)/p-1. The van der Waals surface area contributed by atoms with Gasteiger partial charge in [-0.05, 0) is 54.4 Å². The van der Waals surface area contributed by atoms with E-state index in [2.05, 4.69) is 4.98 Å². The maximum atomic E-state index is 13.6. The molecule has 2 heterocycles. The molecule has 0 spiro atoms. The zero-order chi connectivity index (χ0) is 25.9. The number of aromatic nitrogens is 2. The number of halogens is 3. The Morgan fingerprint density at radius 1 is 0.811 bits per heavy atom. The summed E-state index contributed by atoms with van der Waals surface area (Å²) < 4.78 is 40.7. The molecular formula is C30H18F3N2O2-. The van der Waals surface area contributed by atoms with Crippen molar-refractivity contribution in [3.05, 3.63) is 102 Å². The highest BCUT2D eigenvalue weighted by atomic mass is 19.4. The Morgan fingerprint density at radius 2 is 1.54 bits per heavy atom. The summed E-state index contributed by atoms with van der Waals surface area (Å²) in [6, 6.07) is 23.9. The maximum absolute atomic E-state index is 13.6. The number of carbonyl (C=O) groups is 1. The number of fused-ring (bicyclic) bond motifs is 3. The van der Waals surface area contributed by atoms with Crippen LogP contribution >= 0.6 is 0 Å². The highest BCUT2D eigenvalue weighted by molar-refractivity contribution is 6.06. The van der Waals surface area contributed by atoms with Gasteiger partial charge in [-0.1, -0.05) is 48.5 Å². The number of aromatic carboxylic acids is 1. The number of nitrogens with zero attached hydrogens (tertiary/aromatic N) is 1. The summed E-state index contributed by atoms with van der Waals surface area (Å²) in [6.45, 7) is 1.46. The quantitative estimate of drug-likeness (QED) is 0.272. The number of pyridine rings is 1. The topological polar surface area (TPSA) is 68.8 Å². The van der Waals surface area contributed by atoms with Crippen molar-refractivity contribution in [1.29, 1.82) is 0 Å². The van der Waals surface area contributed by atoms with Crippen molar-refractivity contribution in [1.82, 2.24) is 9.97 Å². The highest BCUT2D eigenvalue weighted by Crippen LogP contribution is 2.39. The van der Waals surface area contributed by atoms with Crippen LogP contribution in [0, 0.1) is 6.92 Å². The fourth-order valence-corrected chi connectivity index (χ4v) is 4.97. The summed E-state index contributed by atoms with van der Waals surface area (Å²) >= 11 is 0. The molecular weight excluding hydrogens is 477 g/mol. The molecule has 182 valence electrons. The summed E-state index contributed by atoms with van der Waals surface area (Å²) in [4.78, 5) is 20.1. The summed E-state index contributed by atoms with van der Waals surface area (Å²) in [5.41, 5.74) is 3.38. The van der Waals surface area contributed by atoms with E-state index in [0.29, 0.717) is 44.2 Å². The molecule has 0 aliphatic rings. The van der Waals surface area contributed by atoms with Crippen LogP contribution in [0.5, 0.6) is 0 Å². The van der Waals surface area contributed by atoms with Crippen LogP contribution in [0.4, 0.5) is 13.2 Å². The Bertz CT molecular complexity index is 1840. The van der Waals surface area contributed by atoms with E-state index in [0.717, 1.165) is 17.0 Å². The van der Waals surface area contributed by atoms with E-state index in [1.54, 1.807) is 36.4 Å². The predicted octanol–water partition coefficient (Wildman–Crippen LogP) is 6.89. The third-order valence-corrected chi connectivity index (χ3v) is 6.75. The molecule has 0 aliphatic carbocycles. The molecule has 0 bridgehead atoms. The molecule has 7 heteroatoms. The SMILES string of the molecule is Cc1c(-c2cccc3cc4cc(C(=O)[O-])c(-c5cc6ccccc6[nH]5)cc4nc23)cccc1C(F)(F)F. The zero-order valence-corrected chi connectivity index (χ0v) is 19.5. The number of hydrogen-bond acceptors (Lipinski definition) is 3. The minimum atomic E-state index is -4.47. The summed E-state index contributed by atoms with van der Waals surface area (Å²) in [6.07, 6.45) is -4.47. The molecule has 0 atom stereocenters. The maximum Gasteiger partial charge on any atom is 0.416 e. The Hall–Kier alpha value is -4.65. The smallest absolute Gasteiger partial charge is 0.416 e. The summed E-state index contributed by atoms with van der Waals surface area (Å²) in [5, 5.41) is 14.3. The molecule has 0 fully saturated rings. The molecule has 1 N–H and O–H groups in total. The van der Waals surface area contributed by atoms with Crippen molar-refractivity contribution in [2.75, 3.05) is 0 Å². The van der Waals surface area contributed by atoms with Crippen LogP contribution in [-0.2, 0) is 6.18 Å². The second kappa shape index (κ2) is 8.20. The number of carbonyl (C=O) groups excluding carboxylic acids is 1. The van der Waals surface area contributed by atoms with Gasteiger partial charge in [0.25, 0.3) is 0 Å². The Morgan fingerprint density at radius 3 is 2.30 bits per heavy atom. The van der Waals surface area contributed by atoms with Crippen LogP contribution < -0.4 is 5.11 Å².